The van der Waals surface area contributed by atoms with Crippen LogP contribution in [0.2, 0.25) is 0 Å². The number of fused-ring (bicyclic) bond motifs is 1. The van der Waals surface area contributed by atoms with Crippen LogP contribution in [0.15, 0.2) is 59.5 Å². The Hall–Kier alpha value is -3.65. The van der Waals surface area contributed by atoms with E-state index in [9.17, 15) is 9.59 Å². The lowest BCUT2D eigenvalue weighted by atomic mass is 9.79. The van der Waals surface area contributed by atoms with Gasteiger partial charge in [-0.1, -0.05) is 18.2 Å². The molecule has 3 aromatic rings. The first-order valence-corrected chi connectivity index (χ1v) is 12.7. The summed E-state index contributed by atoms with van der Waals surface area (Å²) in [6.07, 6.45) is 2.01. The van der Waals surface area contributed by atoms with E-state index in [1.165, 1.54) is 14.2 Å². The highest BCUT2D eigenvalue weighted by molar-refractivity contribution is 7.98. The van der Waals surface area contributed by atoms with Gasteiger partial charge in [0.2, 0.25) is 5.91 Å². The lowest BCUT2D eigenvalue weighted by Gasteiger charge is -2.40. The molecule has 188 valence electrons. The molecule has 0 saturated carbocycles. The molecule has 4 rings (SSSR count). The van der Waals surface area contributed by atoms with Gasteiger partial charge in [-0.3, -0.25) is 9.59 Å². The van der Waals surface area contributed by atoms with Crippen LogP contribution in [-0.2, 0) is 4.79 Å². The van der Waals surface area contributed by atoms with Crippen LogP contribution in [-0.4, -0.2) is 51.3 Å². The van der Waals surface area contributed by atoms with Gasteiger partial charge in [0.25, 0.3) is 5.91 Å². The fraction of sp³-hybridized carbons (Fsp3) is 0.286. The molecule has 0 saturated heterocycles. The number of aryl methyl sites for hydroxylation is 1. The third-order valence-corrected chi connectivity index (χ3v) is 7.27. The van der Waals surface area contributed by atoms with E-state index < -0.39 is 12.0 Å². The number of amides is 2. The number of carbonyl (C=O) groups is 2. The van der Waals surface area contributed by atoms with Crippen LogP contribution in [0.4, 0.5) is 5.69 Å². The molecule has 2 atom stereocenters. The third kappa shape index (κ3) is 4.60. The monoisotopic (exact) mass is 506 g/mol. The average Bonchev–Trinajstić information content (AvgIpc) is 2.90. The van der Waals surface area contributed by atoms with Gasteiger partial charge in [0.05, 0.1) is 39.0 Å². The van der Waals surface area contributed by atoms with Crippen LogP contribution < -0.4 is 19.5 Å². The Balaban J connectivity index is 1.89. The van der Waals surface area contributed by atoms with Crippen molar-refractivity contribution < 1.29 is 23.8 Å². The minimum absolute atomic E-state index is 0.193. The molecule has 1 aliphatic heterocycles. The van der Waals surface area contributed by atoms with E-state index in [1.54, 1.807) is 43.0 Å². The Morgan fingerprint density at radius 2 is 1.56 bits per heavy atom. The van der Waals surface area contributed by atoms with Crippen LogP contribution in [0.5, 0.6) is 17.2 Å². The van der Waals surface area contributed by atoms with Gasteiger partial charge in [0, 0.05) is 17.5 Å². The Labute approximate surface area is 215 Å². The lowest BCUT2D eigenvalue weighted by molar-refractivity contribution is -0.119. The van der Waals surface area contributed by atoms with Crippen molar-refractivity contribution in [2.24, 2.45) is 0 Å². The molecule has 3 aromatic carbocycles. The Bertz CT molecular complexity index is 1290. The molecule has 1 heterocycles. The van der Waals surface area contributed by atoms with Crippen LogP contribution in [0.25, 0.3) is 0 Å². The molecule has 1 aliphatic rings. The molecule has 0 aliphatic carbocycles. The van der Waals surface area contributed by atoms with E-state index in [-0.39, 0.29) is 11.8 Å². The van der Waals surface area contributed by atoms with Gasteiger partial charge in [-0.2, -0.15) is 0 Å². The smallest absolute Gasteiger partial charge is 0.254 e. The second-order valence-electron chi connectivity index (χ2n) is 8.60. The maximum Gasteiger partial charge on any atom is 0.254 e. The molecule has 7 nitrogen and oxygen atoms in total. The molecule has 0 bridgehead atoms. The minimum atomic E-state index is -0.715. The van der Waals surface area contributed by atoms with Crippen LogP contribution in [0.1, 0.15) is 39.0 Å². The van der Waals surface area contributed by atoms with E-state index in [0.29, 0.717) is 34.1 Å². The first-order chi connectivity index (χ1) is 17.3. The van der Waals surface area contributed by atoms with Crippen molar-refractivity contribution in [3.8, 4) is 17.2 Å². The molecule has 0 unspecified atom stereocenters. The zero-order valence-electron chi connectivity index (χ0n) is 21.2. The van der Waals surface area contributed by atoms with Crippen molar-refractivity contribution in [3.63, 3.8) is 0 Å². The first-order valence-electron chi connectivity index (χ1n) is 11.5. The Morgan fingerprint density at radius 1 is 0.917 bits per heavy atom. The number of nitrogens with zero attached hydrogens (tertiary/aromatic N) is 1. The molecule has 2 amide bonds. The van der Waals surface area contributed by atoms with Crippen molar-refractivity contribution in [2.45, 2.75) is 23.8 Å². The predicted octanol–water partition coefficient (Wildman–Crippen LogP) is 5.29. The second-order valence-corrected chi connectivity index (χ2v) is 9.48. The van der Waals surface area contributed by atoms with E-state index in [0.717, 1.165) is 16.0 Å². The SMILES string of the molecule is COc1ccc(C)cc1NC(=O)[C@H]1c2cc(OC)c(OC)cc2C(=O)N(C)[C@H]1c1ccc(SC)cc1. The summed E-state index contributed by atoms with van der Waals surface area (Å²) in [6, 6.07) is 16.4. The number of methoxy groups -OCH3 is 3. The number of ether oxygens (including phenoxy) is 3. The predicted molar refractivity (Wildman–Crippen MR) is 142 cm³/mol. The highest BCUT2D eigenvalue weighted by Crippen LogP contribution is 2.46. The second kappa shape index (κ2) is 10.5. The fourth-order valence-corrected chi connectivity index (χ4v) is 5.09. The molecule has 8 heteroatoms. The number of anilines is 1. The Kier molecular flexibility index (Phi) is 7.45. The molecule has 0 fully saturated rings. The average molecular weight is 507 g/mol. The summed E-state index contributed by atoms with van der Waals surface area (Å²) in [4.78, 5) is 30.3. The zero-order valence-corrected chi connectivity index (χ0v) is 22.1. The fourth-order valence-electron chi connectivity index (χ4n) is 4.68. The normalized spacial score (nSPS) is 16.8. The zero-order chi connectivity index (χ0) is 26.0. The van der Waals surface area contributed by atoms with Gasteiger partial charge >= 0.3 is 0 Å². The molecule has 0 aromatic heterocycles. The summed E-state index contributed by atoms with van der Waals surface area (Å²) in [7, 11) is 6.34. The largest absolute Gasteiger partial charge is 0.495 e. The van der Waals surface area contributed by atoms with E-state index in [2.05, 4.69) is 5.32 Å². The summed E-state index contributed by atoms with van der Waals surface area (Å²) in [6.45, 7) is 1.95. The van der Waals surface area contributed by atoms with E-state index >= 15 is 0 Å². The van der Waals surface area contributed by atoms with Crippen LogP contribution >= 0.6 is 11.8 Å². The number of likely N-dealkylation sites (N-methyl/N-ethyl adjacent to an activating group) is 1. The number of benzene rings is 3. The number of hydrogen-bond donors (Lipinski definition) is 1. The molecule has 36 heavy (non-hydrogen) atoms. The van der Waals surface area contributed by atoms with Crippen molar-refractivity contribution in [1.29, 1.82) is 0 Å². The van der Waals surface area contributed by atoms with Gasteiger partial charge < -0.3 is 24.4 Å². The molecule has 1 N–H and O–H groups in total. The van der Waals surface area contributed by atoms with Crippen LogP contribution in [0, 0.1) is 6.92 Å². The van der Waals surface area contributed by atoms with Crippen molar-refractivity contribution in [1.82, 2.24) is 4.90 Å². The van der Waals surface area contributed by atoms with Crippen molar-refractivity contribution in [3.05, 3.63) is 76.9 Å². The van der Waals surface area contributed by atoms with E-state index in [4.69, 9.17) is 14.2 Å². The third-order valence-electron chi connectivity index (χ3n) is 6.53. The lowest BCUT2D eigenvalue weighted by Crippen LogP contribution is -2.44. The standard InChI is InChI=1S/C28H30N2O5S/c1-16-7-12-22(33-3)21(13-16)29-27(31)25-19-14-23(34-4)24(35-5)15-20(19)28(32)30(2)26(25)17-8-10-18(36-6)11-9-17/h7-15,25-26H,1-6H3,(H,29,31)/t25-,26-/m0/s1. The molecule has 0 spiro atoms. The summed E-state index contributed by atoms with van der Waals surface area (Å²) in [5.41, 5.74) is 3.40. The quantitative estimate of drug-likeness (QED) is 0.439. The summed E-state index contributed by atoms with van der Waals surface area (Å²) >= 11 is 1.63. The van der Waals surface area contributed by atoms with Crippen LogP contribution in [0.3, 0.4) is 0 Å². The number of carbonyl (C=O) groups excluding carboxylic acids is 2. The molecular weight excluding hydrogens is 476 g/mol. The summed E-state index contributed by atoms with van der Waals surface area (Å²) in [5, 5.41) is 3.06. The highest BCUT2D eigenvalue weighted by Gasteiger charge is 2.43. The van der Waals surface area contributed by atoms with Gasteiger partial charge in [-0.25, -0.2) is 0 Å². The summed E-state index contributed by atoms with van der Waals surface area (Å²) < 4.78 is 16.5. The topological polar surface area (TPSA) is 77.1 Å². The molecular formula is C28H30N2O5S. The van der Waals surface area contributed by atoms with Gasteiger partial charge in [0.1, 0.15) is 5.75 Å². The minimum Gasteiger partial charge on any atom is -0.495 e. The van der Waals surface area contributed by atoms with E-state index in [1.807, 2.05) is 55.6 Å². The van der Waals surface area contributed by atoms with Gasteiger partial charge in [-0.05, 0) is 66.3 Å². The maximum atomic E-state index is 14.0. The summed E-state index contributed by atoms with van der Waals surface area (Å²) in [5.74, 6) is 0.277. The maximum absolute atomic E-state index is 14.0. The highest BCUT2D eigenvalue weighted by atomic mass is 32.2. The number of rotatable bonds is 7. The number of nitrogens with one attached hydrogen (secondary N) is 1. The Morgan fingerprint density at radius 3 is 2.17 bits per heavy atom. The molecule has 0 radical (unpaired) electrons. The van der Waals surface area contributed by atoms with Gasteiger partial charge in [0.15, 0.2) is 11.5 Å². The number of thioether (sulfide) groups is 1. The number of hydrogen-bond acceptors (Lipinski definition) is 6. The van der Waals surface area contributed by atoms with Crippen molar-refractivity contribution in [2.75, 3.05) is 39.9 Å². The first kappa shape index (κ1) is 25.4. The van der Waals surface area contributed by atoms with Crippen molar-refractivity contribution >= 4 is 29.3 Å². The van der Waals surface area contributed by atoms with Gasteiger partial charge in [-0.15, -0.1) is 11.8 Å².